The fraction of sp³-hybridized carbons (Fsp3) is 0.500. The zero-order valence-corrected chi connectivity index (χ0v) is 11.3. The number of carbonyl (C=O) groups is 1. The number of hydrogen-bond donors (Lipinski definition) is 3. The average molecular weight is 251 g/mol. The summed E-state index contributed by atoms with van der Waals surface area (Å²) in [7, 11) is 0. The molecule has 0 saturated heterocycles. The van der Waals surface area contributed by atoms with Crippen molar-refractivity contribution in [2.45, 2.75) is 33.7 Å². The van der Waals surface area contributed by atoms with Crippen LogP contribution < -0.4 is 5.32 Å². The molecular weight excluding hydrogens is 230 g/mol. The summed E-state index contributed by atoms with van der Waals surface area (Å²) in [6, 6.07) is 4.38. The lowest BCUT2D eigenvalue weighted by molar-refractivity contribution is 0.0848. The SMILES string of the molecule is Cc1cc(C(=O)N[C@H](CO)C(C)(C)C)ccc1O. The first-order valence-corrected chi connectivity index (χ1v) is 5.97. The highest BCUT2D eigenvalue weighted by Crippen LogP contribution is 2.20. The number of aryl methyl sites for hydroxylation is 1. The standard InChI is InChI=1S/C14H21NO3/c1-9-7-10(5-6-11(9)17)13(18)15-12(8-16)14(2,3)4/h5-7,12,16-17H,8H2,1-4H3,(H,15,18)/t12-/m1/s1. The van der Waals surface area contributed by atoms with Gasteiger partial charge in [0.2, 0.25) is 0 Å². The number of phenols is 1. The minimum atomic E-state index is -0.306. The Hall–Kier alpha value is -1.55. The van der Waals surface area contributed by atoms with E-state index in [4.69, 9.17) is 0 Å². The molecule has 1 rings (SSSR count). The number of benzene rings is 1. The second-order valence-corrected chi connectivity index (χ2v) is 5.58. The molecule has 4 nitrogen and oxygen atoms in total. The van der Waals surface area contributed by atoms with E-state index in [9.17, 15) is 15.0 Å². The molecule has 0 unspecified atom stereocenters. The monoisotopic (exact) mass is 251 g/mol. The lowest BCUT2D eigenvalue weighted by Crippen LogP contribution is -2.46. The van der Waals surface area contributed by atoms with Crippen LogP contribution in [-0.4, -0.2) is 28.8 Å². The normalized spacial score (nSPS) is 13.2. The van der Waals surface area contributed by atoms with Gasteiger partial charge in [-0.1, -0.05) is 20.8 Å². The molecule has 0 fully saturated rings. The Bertz CT molecular complexity index is 435. The highest BCUT2D eigenvalue weighted by molar-refractivity contribution is 5.94. The van der Waals surface area contributed by atoms with Crippen LogP contribution in [0.25, 0.3) is 0 Å². The van der Waals surface area contributed by atoms with Gasteiger partial charge >= 0.3 is 0 Å². The highest BCUT2D eigenvalue weighted by Gasteiger charge is 2.25. The molecule has 0 heterocycles. The Morgan fingerprint density at radius 2 is 2.00 bits per heavy atom. The molecular formula is C14H21NO3. The third-order valence-electron chi connectivity index (χ3n) is 2.99. The largest absolute Gasteiger partial charge is 0.508 e. The molecule has 1 aromatic carbocycles. The summed E-state index contributed by atoms with van der Waals surface area (Å²) in [5.74, 6) is -0.0758. The van der Waals surface area contributed by atoms with Crippen molar-refractivity contribution in [3.05, 3.63) is 29.3 Å². The van der Waals surface area contributed by atoms with Gasteiger partial charge in [-0.05, 0) is 36.1 Å². The van der Waals surface area contributed by atoms with E-state index >= 15 is 0 Å². The molecule has 0 radical (unpaired) electrons. The van der Waals surface area contributed by atoms with E-state index in [0.29, 0.717) is 11.1 Å². The summed E-state index contributed by atoms with van der Waals surface area (Å²) < 4.78 is 0. The number of rotatable bonds is 3. The van der Waals surface area contributed by atoms with Gasteiger partial charge < -0.3 is 15.5 Å². The maximum Gasteiger partial charge on any atom is 0.251 e. The molecule has 0 bridgehead atoms. The second-order valence-electron chi connectivity index (χ2n) is 5.58. The molecule has 4 heteroatoms. The van der Waals surface area contributed by atoms with Gasteiger partial charge in [0, 0.05) is 5.56 Å². The molecule has 3 N–H and O–H groups in total. The van der Waals surface area contributed by atoms with E-state index in [1.54, 1.807) is 19.1 Å². The molecule has 0 aliphatic rings. The van der Waals surface area contributed by atoms with Crippen LogP contribution in [0.2, 0.25) is 0 Å². The van der Waals surface area contributed by atoms with E-state index in [-0.39, 0.29) is 29.7 Å². The Labute approximate surface area is 108 Å². The number of aromatic hydroxyl groups is 1. The summed E-state index contributed by atoms with van der Waals surface area (Å²) in [6.45, 7) is 7.49. The maximum atomic E-state index is 12.0. The summed E-state index contributed by atoms with van der Waals surface area (Å²) in [4.78, 5) is 12.0. The van der Waals surface area contributed by atoms with Crippen LogP contribution in [0.5, 0.6) is 5.75 Å². The van der Waals surface area contributed by atoms with Gasteiger partial charge in [-0.2, -0.15) is 0 Å². The van der Waals surface area contributed by atoms with Gasteiger partial charge in [-0.3, -0.25) is 4.79 Å². The molecule has 0 aliphatic heterocycles. The number of aliphatic hydroxyl groups is 1. The first-order chi connectivity index (χ1) is 8.25. The Kier molecular flexibility index (Phi) is 4.35. The van der Waals surface area contributed by atoms with E-state index in [1.165, 1.54) is 6.07 Å². The van der Waals surface area contributed by atoms with Gasteiger partial charge in [-0.25, -0.2) is 0 Å². The van der Waals surface area contributed by atoms with Gasteiger partial charge in [0.1, 0.15) is 5.75 Å². The molecule has 0 aliphatic carbocycles. The first-order valence-electron chi connectivity index (χ1n) is 5.97. The van der Waals surface area contributed by atoms with Crippen molar-refractivity contribution >= 4 is 5.91 Å². The van der Waals surface area contributed by atoms with Gasteiger partial charge in [-0.15, -0.1) is 0 Å². The summed E-state index contributed by atoms with van der Waals surface area (Å²) in [5.41, 5.74) is 0.920. The van der Waals surface area contributed by atoms with Crippen LogP contribution in [0.1, 0.15) is 36.7 Å². The van der Waals surface area contributed by atoms with Gasteiger partial charge in [0.15, 0.2) is 0 Å². The lowest BCUT2D eigenvalue weighted by Gasteiger charge is -2.29. The Morgan fingerprint density at radius 3 is 2.44 bits per heavy atom. The smallest absolute Gasteiger partial charge is 0.251 e. The number of aliphatic hydroxyl groups excluding tert-OH is 1. The number of hydrogen-bond acceptors (Lipinski definition) is 3. The molecule has 100 valence electrons. The van der Waals surface area contributed by atoms with Crippen LogP contribution in [0, 0.1) is 12.3 Å². The van der Waals surface area contributed by atoms with E-state index in [2.05, 4.69) is 5.32 Å². The average Bonchev–Trinajstić information content (AvgIpc) is 2.27. The van der Waals surface area contributed by atoms with Crippen molar-refractivity contribution < 1.29 is 15.0 Å². The quantitative estimate of drug-likeness (QED) is 0.767. The topological polar surface area (TPSA) is 69.6 Å². The van der Waals surface area contributed by atoms with Crippen LogP contribution in [0.15, 0.2) is 18.2 Å². The fourth-order valence-corrected chi connectivity index (χ4v) is 1.57. The van der Waals surface area contributed by atoms with E-state index in [1.807, 2.05) is 20.8 Å². The summed E-state index contributed by atoms with van der Waals surface area (Å²) in [6.07, 6.45) is 0. The molecule has 0 aromatic heterocycles. The fourth-order valence-electron chi connectivity index (χ4n) is 1.57. The zero-order chi connectivity index (χ0) is 13.9. The molecule has 1 aromatic rings. The van der Waals surface area contributed by atoms with Crippen LogP contribution in [0.3, 0.4) is 0 Å². The lowest BCUT2D eigenvalue weighted by atomic mass is 9.87. The Morgan fingerprint density at radius 1 is 1.39 bits per heavy atom. The number of phenolic OH excluding ortho intramolecular Hbond substituents is 1. The molecule has 1 amide bonds. The number of nitrogens with one attached hydrogen (secondary N) is 1. The van der Waals surface area contributed by atoms with Crippen molar-refractivity contribution in [2.24, 2.45) is 5.41 Å². The van der Waals surface area contributed by atoms with Gasteiger partial charge in [0.25, 0.3) is 5.91 Å². The number of carbonyl (C=O) groups excluding carboxylic acids is 1. The molecule has 1 atom stereocenters. The van der Waals surface area contributed by atoms with Crippen LogP contribution in [0.4, 0.5) is 0 Å². The summed E-state index contributed by atoms with van der Waals surface area (Å²) >= 11 is 0. The molecule has 18 heavy (non-hydrogen) atoms. The van der Waals surface area contributed by atoms with Crippen molar-refractivity contribution in [1.82, 2.24) is 5.32 Å². The van der Waals surface area contributed by atoms with Crippen molar-refractivity contribution in [1.29, 1.82) is 0 Å². The van der Waals surface area contributed by atoms with Crippen molar-refractivity contribution in [3.63, 3.8) is 0 Å². The van der Waals surface area contributed by atoms with Crippen LogP contribution in [-0.2, 0) is 0 Å². The Balaban J connectivity index is 2.85. The van der Waals surface area contributed by atoms with E-state index in [0.717, 1.165) is 0 Å². The number of amides is 1. The van der Waals surface area contributed by atoms with E-state index < -0.39 is 0 Å². The first kappa shape index (κ1) is 14.5. The minimum Gasteiger partial charge on any atom is -0.508 e. The summed E-state index contributed by atoms with van der Waals surface area (Å²) in [5, 5.41) is 21.5. The third kappa shape index (κ3) is 3.47. The zero-order valence-electron chi connectivity index (χ0n) is 11.3. The second kappa shape index (κ2) is 5.40. The van der Waals surface area contributed by atoms with Crippen molar-refractivity contribution in [2.75, 3.05) is 6.61 Å². The van der Waals surface area contributed by atoms with Crippen molar-refractivity contribution in [3.8, 4) is 5.75 Å². The molecule has 0 spiro atoms. The predicted octanol–water partition coefficient (Wildman–Crippen LogP) is 1.84. The van der Waals surface area contributed by atoms with Crippen LogP contribution >= 0.6 is 0 Å². The minimum absolute atomic E-state index is 0.105. The third-order valence-corrected chi connectivity index (χ3v) is 2.99. The van der Waals surface area contributed by atoms with Gasteiger partial charge in [0.05, 0.1) is 12.6 Å². The predicted molar refractivity (Wildman–Crippen MR) is 70.6 cm³/mol. The highest BCUT2D eigenvalue weighted by atomic mass is 16.3. The molecule has 0 saturated carbocycles. The maximum absolute atomic E-state index is 12.0.